The SMILES string of the molecule is CN(C)C(=O)c1cccc(NC(=O)c2ccc(SC(F)F)cc2)c1. The van der Waals surface area contributed by atoms with Crippen molar-refractivity contribution in [2.24, 2.45) is 0 Å². The molecule has 0 spiro atoms. The molecule has 2 aromatic carbocycles. The second kappa shape index (κ2) is 7.92. The first kappa shape index (κ1) is 17.9. The maximum Gasteiger partial charge on any atom is 0.288 e. The largest absolute Gasteiger partial charge is 0.345 e. The van der Waals surface area contributed by atoms with E-state index < -0.39 is 5.76 Å². The second-order valence-corrected chi connectivity index (χ2v) is 6.20. The van der Waals surface area contributed by atoms with Crippen LogP contribution in [-0.4, -0.2) is 36.6 Å². The normalized spacial score (nSPS) is 10.5. The van der Waals surface area contributed by atoms with Crippen LogP contribution >= 0.6 is 11.8 Å². The average molecular weight is 350 g/mol. The lowest BCUT2D eigenvalue weighted by molar-refractivity contribution is 0.0827. The van der Waals surface area contributed by atoms with E-state index in [0.717, 1.165) is 0 Å². The van der Waals surface area contributed by atoms with Crippen molar-refractivity contribution < 1.29 is 18.4 Å². The summed E-state index contributed by atoms with van der Waals surface area (Å²) in [6.45, 7) is 0. The summed E-state index contributed by atoms with van der Waals surface area (Å²) in [4.78, 5) is 26.0. The summed E-state index contributed by atoms with van der Waals surface area (Å²) in [5.41, 5.74) is 1.29. The van der Waals surface area contributed by atoms with Gasteiger partial charge in [-0.15, -0.1) is 0 Å². The minimum absolute atomic E-state index is 0.167. The number of alkyl halides is 2. The van der Waals surface area contributed by atoms with E-state index in [1.165, 1.54) is 29.2 Å². The fourth-order valence-corrected chi connectivity index (χ4v) is 2.48. The summed E-state index contributed by atoms with van der Waals surface area (Å²) < 4.78 is 24.6. The third-order valence-electron chi connectivity index (χ3n) is 3.12. The molecule has 0 heterocycles. The Labute approximate surface area is 142 Å². The van der Waals surface area contributed by atoms with Crippen molar-refractivity contribution in [3.63, 3.8) is 0 Å². The molecule has 2 rings (SSSR count). The lowest BCUT2D eigenvalue weighted by Crippen LogP contribution is -2.21. The predicted molar refractivity (Wildman–Crippen MR) is 90.7 cm³/mol. The molecule has 0 aliphatic carbocycles. The minimum atomic E-state index is -2.50. The monoisotopic (exact) mass is 350 g/mol. The molecule has 0 saturated heterocycles. The Bertz CT molecular complexity index is 734. The number of carbonyl (C=O) groups excluding carboxylic acids is 2. The Morgan fingerprint density at radius 1 is 1.04 bits per heavy atom. The van der Waals surface area contributed by atoms with E-state index in [2.05, 4.69) is 5.32 Å². The van der Waals surface area contributed by atoms with Crippen molar-refractivity contribution in [1.82, 2.24) is 4.90 Å². The van der Waals surface area contributed by atoms with E-state index in [9.17, 15) is 18.4 Å². The van der Waals surface area contributed by atoms with Crippen molar-refractivity contribution in [3.8, 4) is 0 Å². The van der Waals surface area contributed by atoms with Crippen molar-refractivity contribution in [2.75, 3.05) is 19.4 Å². The quantitative estimate of drug-likeness (QED) is 0.831. The van der Waals surface area contributed by atoms with Crippen LogP contribution in [0.3, 0.4) is 0 Å². The van der Waals surface area contributed by atoms with Crippen molar-refractivity contribution >= 4 is 29.3 Å². The molecule has 0 unspecified atom stereocenters. The highest BCUT2D eigenvalue weighted by Crippen LogP contribution is 2.25. The van der Waals surface area contributed by atoms with Gasteiger partial charge in [0.25, 0.3) is 17.6 Å². The van der Waals surface area contributed by atoms with Gasteiger partial charge in [-0.2, -0.15) is 8.78 Å². The van der Waals surface area contributed by atoms with Crippen LogP contribution in [0.2, 0.25) is 0 Å². The standard InChI is InChI=1S/C17H16F2N2O2S/c1-21(2)16(23)12-4-3-5-13(10-12)20-15(22)11-6-8-14(9-7-11)24-17(18)19/h3-10,17H,1-2H3,(H,20,22). The van der Waals surface area contributed by atoms with Crippen LogP contribution < -0.4 is 5.32 Å². The Balaban J connectivity index is 2.09. The van der Waals surface area contributed by atoms with Crippen molar-refractivity contribution in [2.45, 2.75) is 10.7 Å². The molecule has 0 saturated carbocycles. The number of rotatable bonds is 5. The molecule has 7 heteroatoms. The van der Waals surface area contributed by atoms with Gasteiger partial charge in [-0.3, -0.25) is 9.59 Å². The third kappa shape index (κ3) is 4.79. The van der Waals surface area contributed by atoms with E-state index in [4.69, 9.17) is 0 Å². The Morgan fingerprint density at radius 3 is 2.29 bits per heavy atom. The molecule has 0 radical (unpaired) electrons. The van der Waals surface area contributed by atoms with Crippen LogP contribution in [0.1, 0.15) is 20.7 Å². The molecular formula is C17H16F2N2O2S. The van der Waals surface area contributed by atoms with Gasteiger partial charge in [-0.05, 0) is 42.5 Å². The average Bonchev–Trinajstić information content (AvgIpc) is 2.54. The number of hydrogen-bond acceptors (Lipinski definition) is 3. The van der Waals surface area contributed by atoms with Gasteiger partial charge in [0.05, 0.1) is 0 Å². The summed E-state index contributed by atoms with van der Waals surface area (Å²) in [7, 11) is 3.29. The zero-order valence-corrected chi connectivity index (χ0v) is 13.9. The smallest absolute Gasteiger partial charge is 0.288 e. The first-order valence-electron chi connectivity index (χ1n) is 7.05. The van der Waals surface area contributed by atoms with Gasteiger partial charge in [0.2, 0.25) is 0 Å². The highest BCUT2D eigenvalue weighted by atomic mass is 32.2. The molecular weight excluding hydrogens is 334 g/mol. The van der Waals surface area contributed by atoms with Crippen LogP contribution in [0.5, 0.6) is 0 Å². The summed E-state index contributed by atoms with van der Waals surface area (Å²) in [6, 6.07) is 12.5. The second-order valence-electron chi connectivity index (χ2n) is 5.14. The zero-order chi connectivity index (χ0) is 17.7. The van der Waals surface area contributed by atoms with Crippen LogP contribution in [0.25, 0.3) is 0 Å². The number of anilines is 1. The Morgan fingerprint density at radius 2 is 1.71 bits per heavy atom. The predicted octanol–water partition coefficient (Wildman–Crippen LogP) is 3.96. The topological polar surface area (TPSA) is 49.4 Å². The molecule has 24 heavy (non-hydrogen) atoms. The van der Waals surface area contributed by atoms with E-state index in [1.807, 2.05) is 0 Å². The lowest BCUT2D eigenvalue weighted by Gasteiger charge is -2.12. The Hall–Kier alpha value is -2.41. The van der Waals surface area contributed by atoms with Crippen molar-refractivity contribution in [1.29, 1.82) is 0 Å². The first-order chi connectivity index (χ1) is 11.4. The van der Waals surface area contributed by atoms with E-state index in [0.29, 0.717) is 33.5 Å². The number of nitrogens with zero attached hydrogens (tertiary/aromatic N) is 1. The molecule has 0 aliphatic rings. The molecule has 2 amide bonds. The number of amides is 2. The van der Waals surface area contributed by atoms with Gasteiger partial charge in [-0.25, -0.2) is 0 Å². The number of nitrogens with one attached hydrogen (secondary N) is 1. The fraction of sp³-hybridized carbons (Fsp3) is 0.176. The maximum absolute atomic E-state index is 12.3. The van der Waals surface area contributed by atoms with Gasteiger partial charge in [0, 0.05) is 35.8 Å². The van der Waals surface area contributed by atoms with E-state index in [1.54, 1.807) is 38.4 Å². The summed E-state index contributed by atoms with van der Waals surface area (Å²) in [5.74, 6) is -3.04. The summed E-state index contributed by atoms with van der Waals surface area (Å²) in [6.07, 6.45) is 0. The first-order valence-corrected chi connectivity index (χ1v) is 7.92. The van der Waals surface area contributed by atoms with Crippen molar-refractivity contribution in [3.05, 3.63) is 59.7 Å². The lowest BCUT2D eigenvalue weighted by atomic mass is 10.1. The number of hydrogen-bond donors (Lipinski definition) is 1. The highest BCUT2D eigenvalue weighted by Gasteiger charge is 2.11. The van der Waals surface area contributed by atoms with Crippen LogP contribution in [-0.2, 0) is 0 Å². The number of thioether (sulfide) groups is 1. The van der Waals surface area contributed by atoms with Crippen LogP contribution in [0.15, 0.2) is 53.4 Å². The van der Waals surface area contributed by atoms with E-state index >= 15 is 0 Å². The molecule has 0 bridgehead atoms. The van der Waals surface area contributed by atoms with Gasteiger partial charge < -0.3 is 10.2 Å². The molecule has 0 fully saturated rings. The van der Waals surface area contributed by atoms with Gasteiger partial charge in [0.1, 0.15) is 0 Å². The fourth-order valence-electron chi connectivity index (χ4n) is 1.98. The van der Waals surface area contributed by atoms with Gasteiger partial charge in [-0.1, -0.05) is 17.8 Å². The number of halogens is 2. The molecule has 0 aliphatic heterocycles. The maximum atomic E-state index is 12.3. The molecule has 126 valence electrons. The highest BCUT2D eigenvalue weighted by molar-refractivity contribution is 7.99. The molecule has 0 atom stereocenters. The molecule has 2 aromatic rings. The minimum Gasteiger partial charge on any atom is -0.345 e. The van der Waals surface area contributed by atoms with Gasteiger partial charge >= 0.3 is 0 Å². The molecule has 1 N–H and O–H groups in total. The van der Waals surface area contributed by atoms with Gasteiger partial charge in [0.15, 0.2) is 0 Å². The third-order valence-corrected chi connectivity index (χ3v) is 3.84. The van der Waals surface area contributed by atoms with Crippen LogP contribution in [0.4, 0.5) is 14.5 Å². The van der Waals surface area contributed by atoms with Crippen LogP contribution in [0, 0.1) is 0 Å². The molecule has 4 nitrogen and oxygen atoms in total. The zero-order valence-electron chi connectivity index (χ0n) is 13.1. The number of benzene rings is 2. The summed E-state index contributed by atoms with van der Waals surface area (Å²) >= 11 is 0.423. The molecule has 0 aromatic heterocycles. The number of carbonyl (C=O) groups is 2. The van der Waals surface area contributed by atoms with E-state index in [-0.39, 0.29) is 11.8 Å². The Kier molecular flexibility index (Phi) is 5.92. The summed E-state index contributed by atoms with van der Waals surface area (Å²) in [5, 5.41) is 2.69.